The second-order valence-corrected chi connectivity index (χ2v) is 6.11. The predicted molar refractivity (Wildman–Crippen MR) is 101 cm³/mol. The molecule has 1 aromatic carbocycles. The molecule has 0 bridgehead atoms. The molecular formula is C18H18ClN7. The fourth-order valence-corrected chi connectivity index (χ4v) is 2.86. The summed E-state index contributed by atoms with van der Waals surface area (Å²) in [6, 6.07) is 13.4. The van der Waals surface area contributed by atoms with Gasteiger partial charge < -0.3 is 11.1 Å². The van der Waals surface area contributed by atoms with Crippen molar-refractivity contribution in [2.45, 2.75) is 19.8 Å². The Balaban J connectivity index is 1.67. The van der Waals surface area contributed by atoms with Gasteiger partial charge in [0.25, 0.3) is 0 Å². The molecule has 3 aromatic rings. The zero-order valence-corrected chi connectivity index (χ0v) is 15.0. The molecule has 2 heterocycles. The van der Waals surface area contributed by atoms with E-state index in [2.05, 4.69) is 26.5 Å². The molecule has 26 heavy (non-hydrogen) atoms. The first-order valence-corrected chi connectivity index (χ1v) is 8.54. The van der Waals surface area contributed by atoms with Crippen LogP contribution in [0.25, 0.3) is 5.69 Å². The number of nitrogen functional groups attached to an aromatic ring is 1. The van der Waals surface area contributed by atoms with Crippen LogP contribution in [-0.4, -0.2) is 26.3 Å². The Bertz CT molecular complexity index is 924. The van der Waals surface area contributed by atoms with Crippen LogP contribution < -0.4 is 11.1 Å². The average molecular weight is 368 g/mol. The second-order valence-electron chi connectivity index (χ2n) is 5.72. The highest BCUT2D eigenvalue weighted by Gasteiger charge is 2.16. The minimum absolute atomic E-state index is 0.361. The number of para-hydroxylation sites is 1. The molecule has 0 radical (unpaired) electrons. The molecular weight excluding hydrogens is 350 g/mol. The zero-order valence-electron chi connectivity index (χ0n) is 14.3. The summed E-state index contributed by atoms with van der Waals surface area (Å²) in [5, 5.41) is 17.5. The van der Waals surface area contributed by atoms with Gasteiger partial charge in [0, 0.05) is 12.6 Å². The Morgan fingerprint density at radius 1 is 1.27 bits per heavy atom. The Kier molecular flexibility index (Phi) is 5.34. The fraction of sp³-hybridized carbons (Fsp3) is 0.222. The van der Waals surface area contributed by atoms with Gasteiger partial charge >= 0.3 is 0 Å². The number of halogens is 1. The number of nitrogens with one attached hydrogen (secondary N) is 1. The standard InChI is InChI=1S/C18H18ClN7/c1-12-23-16(19)10-17(24-12)22-9-5-8-15-14(11-20)18(21)26(25-15)13-6-3-2-4-7-13/h2-4,6-7,10H,5,8-9,21H2,1H3,(H,22,23,24). The van der Waals surface area contributed by atoms with Gasteiger partial charge in [0.1, 0.15) is 34.2 Å². The van der Waals surface area contributed by atoms with E-state index >= 15 is 0 Å². The van der Waals surface area contributed by atoms with E-state index in [1.165, 1.54) is 0 Å². The van der Waals surface area contributed by atoms with Crippen LogP contribution in [-0.2, 0) is 6.42 Å². The number of nitriles is 1. The van der Waals surface area contributed by atoms with Crippen molar-refractivity contribution in [2.75, 3.05) is 17.6 Å². The van der Waals surface area contributed by atoms with Crippen molar-refractivity contribution in [3.8, 4) is 11.8 Å². The summed E-state index contributed by atoms with van der Waals surface area (Å²) in [5.41, 5.74) is 8.05. The number of anilines is 2. The number of hydrogen-bond donors (Lipinski definition) is 2. The minimum atomic E-state index is 0.361. The van der Waals surface area contributed by atoms with Crippen LogP contribution >= 0.6 is 11.6 Å². The normalized spacial score (nSPS) is 10.5. The van der Waals surface area contributed by atoms with Crippen LogP contribution in [0.2, 0.25) is 5.15 Å². The van der Waals surface area contributed by atoms with Crippen LogP contribution in [0.3, 0.4) is 0 Å². The van der Waals surface area contributed by atoms with Crippen molar-refractivity contribution in [2.24, 2.45) is 0 Å². The van der Waals surface area contributed by atoms with Crippen molar-refractivity contribution in [3.05, 3.63) is 58.6 Å². The fourth-order valence-electron chi connectivity index (χ4n) is 2.64. The molecule has 0 aliphatic heterocycles. The van der Waals surface area contributed by atoms with Gasteiger partial charge in [-0.15, -0.1) is 0 Å². The molecule has 132 valence electrons. The predicted octanol–water partition coefficient (Wildman–Crippen LogP) is 3.12. The number of aromatic nitrogens is 4. The molecule has 0 saturated heterocycles. The quantitative estimate of drug-likeness (QED) is 0.512. The van der Waals surface area contributed by atoms with Gasteiger partial charge in [-0.25, -0.2) is 14.6 Å². The Hall–Kier alpha value is -3.11. The molecule has 0 amide bonds. The van der Waals surface area contributed by atoms with E-state index in [4.69, 9.17) is 17.3 Å². The molecule has 7 nitrogen and oxygen atoms in total. The zero-order chi connectivity index (χ0) is 18.5. The minimum Gasteiger partial charge on any atom is -0.382 e. The van der Waals surface area contributed by atoms with Gasteiger partial charge in [-0.1, -0.05) is 29.8 Å². The maximum atomic E-state index is 9.42. The highest BCUT2D eigenvalue weighted by atomic mass is 35.5. The molecule has 3 N–H and O–H groups in total. The van der Waals surface area contributed by atoms with Crippen molar-refractivity contribution in [1.29, 1.82) is 5.26 Å². The van der Waals surface area contributed by atoms with Gasteiger partial charge in [0.15, 0.2) is 0 Å². The van der Waals surface area contributed by atoms with Crippen molar-refractivity contribution in [3.63, 3.8) is 0 Å². The van der Waals surface area contributed by atoms with Crippen LogP contribution in [0.1, 0.15) is 23.5 Å². The summed E-state index contributed by atoms with van der Waals surface area (Å²) in [7, 11) is 0. The number of rotatable bonds is 6. The summed E-state index contributed by atoms with van der Waals surface area (Å²) in [5.74, 6) is 1.65. The highest BCUT2D eigenvalue weighted by molar-refractivity contribution is 6.29. The van der Waals surface area contributed by atoms with Crippen LogP contribution in [0.15, 0.2) is 36.4 Å². The van der Waals surface area contributed by atoms with E-state index in [9.17, 15) is 5.26 Å². The lowest BCUT2D eigenvalue weighted by molar-refractivity contribution is 0.788. The van der Waals surface area contributed by atoms with Crippen LogP contribution in [0.5, 0.6) is 0 Å². The smallest absolute Gasteiger partial charge is 0.145 e. The maximum Gasteiger partial charge on any atom is 0.145 e. The first kappa shape index (κ1) is 17.7. The third-order valence-corrected chi connectivity index (χ3v) is 4.00. The molecule has 0 aliphatic rings. The summed E-state index contributed by atoms with van der Waals surface area (Å²) < 4.78 is 1.61. The molecule has 2 aromatic heterocycles. The Morgan fingerprint density at radius 3 is 2.73 bits per heavy atom. The lowest BCUT2D eigenvalue weighted by Crippen LogP contribution is -2.06. The number of aryl methyl sites for hydroxylation is 2. The summed E-state index contributed by atoms with van der Waals surface area (Å²) >= 11 is 5.92. The van der Waals surface area contributed by atoms with Crippen molar-refractivity contribution < 1.29 is 0 Å². The van der Waals surface area contributed by atoms with Gasteiger partial charge in [-0.05, 0) is 31.9 Å². The summed E-state index contributed by atoms with van der Waals surface area (Å²) in [4.78, 5) is 8.30. The Morgan fingerprint density at radius 2 is 2.04 bits per heavy atom. The van der Waals surface area contributed by atoms with Crippen LogP contribution in [0, 0.1) is 18.3 Å². The first-order chi connectivity index (χ1) is 12.6. The van der Waals surface area contributed by atoms with Crippen molar-refractivity contribution >= 4 is 23.2 Å². The Labute approximate surface area is 156 Å². The van der Waals surface area contributed by atoms with Gasteiger partial charge in [0.2, 0.25) is 0 Å². The third-order valence-electron chi connectivity index (χ3n) is 3.81. The number of nitrogens with two attached hydrogens (primary N) is 1. The monoisotopic (exact) mass is 367 g/mol. The molecule has 0 saturated carbocycles. The third kappa shape index (κ3) is 3.92. The van der Waals surface area contributed by atoms with E-state index in [0.717, 1.165) is 12.1 Å². The molecule has 0 fully saturated rings. The van der Waals surface area contributed by atoms with Crippen LogP contribution in [0.4, 0.5) is 11.6 Å². The first-order valence-electron chi connectivity index (χ1n) is 8.16. The van der Waals surface area contributed by atoms with Gasteiger partial charge in [-0.2, -0.15) is 10.4 Å². The van der Waals surface area contributed by atoms with E-state index in [1.54, 1.807) is 17.7 Å². The summed E-state index contributed by atoms with van der Waals surface area (Å²) in [6.45, 7) is 2.45. The molecule has 0 aliphatic carbocycles. The summed E-state index contributed by atoms with van der Waals surface area (Å²) in [6.07, 6.45) is 1.39. The van der Waals surface area contributed by atoms with Gasteiger partial charge in [0.05, 0.1) is 11.4 Å². The molecule has 0 spiro atoms. The lowest BCUT2D eigenvalue weighted by Gasteiger charge is -2.06. The topological polar surface area (TPSA) is 105 Å². The van der Waals surface area contributed by atoms with E-state index in [-0.39, 0.29) is 0 Å². The highest BCUT2D eigenvalue weighted by Crippen LogP contribution is 2.21. The van der Waals surface area contributed by atoms with Crippen molar-refractivity contribution in [1.82, 2.24) is 19.7 Å². The number of nitrogens with zero attached hydrogens (tertiary/aromatic N) is 5. The van der Waals surface area contributed by atoms with Gasteiger partial charge in [-0.3, -0.25) is 0 Å². The van der Waals surface area contributed by atoms with E-state index < -0.39 is 0 Å². The number of hydrogen-bond acceptors (Lipinski definition) is 6. The number of benzene rings is 1. The SMILES string of the molecule is Cc1nc(Cl)cc(NCCCc2nn(-c3ccccc3)c(N)c2C#N)n1. The second kappa shape index (κ2) is 7.85. The molecule has 3 rings (SSSR count). The van der Waals surface area contributed by atoms with E-state index in [0.29, 0.717) is 46.8 Å². The molecule has 0 atom stereocenters. The lowest BCUT2D eigenvalue weighted by atomic mass is 10.1. The van der Waals surface area contributed by atoms with E-state index in [1.807, 2.05) is 30.3 Å². The maximum absolute atomic E-state index is 9.42. The molecule has 0 unspecified atom stereocenters. The molecule has 8 heteroatoms. The average Bonchev–Trinajstić information content (AvgIpc) is 2.94. The largest absolute Gasteiger partial charge is 0.382 e.